The minimum absolute atomic E-state index is 0.0793. The van der Waals surface area contributed by atoms with Gasteiger partial charge in [0, 0.05) is 29.9 Å². The molecule has 1 aliphatic carbocycles. The smallest absolute Gasteiger partial charge is 0.261 e. The molecule has 0 saturated heterocycles. The van der Waals surface area contributed by atoms with Gasteiger partial charge >= 0.3 is 0 Å². The Bertz CT molecular complexity index is 703. The lowest BCUT2D eigenvalue weighted by Gasteiger charge is -2.12. The van der Waals surface area contributed by atoms with Crippen molar-refractivity contribution in [1.82, 2.24) is 9.88 Å². The van der Waals surface area contributed by atoms with Crippen molar-refractivity contribution in [3.63, 3.8) is 0 Å². The molecule has 2 N–H and O–H groups in total. The molecule has 25 heavy (non-hydrogen) atoms. The fraction of sp³-hybridized carbons (Fsp3) is 0.600. The van der Waals surface area contributed by atoms with Crippen LogP contribution in [0.2, 0.25) is 0 Å². The van der Waals surface area contributed by atoms with E-state index in [0.29, 0.717) is 12.5 Å². The number of carbonyl (C=O) groups excluding carboxylic acids is 1. The van der Waals surface area contributed by atoms with Crippen LogP contribution in [0.5, 0.6) is 0 Å². The Morgan fingerprint density at radius 1 is 1.48 bits per heavy atom. The summed E-state index contributed by atoms with van der Waals surface area (Å²) in [4.78, 5) is 12.3. The number of nitrogens with zero attached hydrogens (tertiary/aromatic N) is 2. The van der Waals surface area contributed by atoms with E-state index in [0.717, 1.165) is 42.8 Å². The molecular formula is C20H29N3O2. The largest absolute Gasteiger partial charge is 0.396 e. The van der Waals surface area contributed by atoms with Gasteiger partial charge < -0.3 is 15.0 Å². The van der Waals surface area contributed by atoms with Crippen molar-refractivity contribution in [2.24, 2.45) is 11.3 Å². The fourth-order valence-corrected chi connectivity index (χ4v) is 2.94. The Morgan fingerprint density at radius 3 is 2.68 bits per heavy atom. The number of rotatable bonds is 8. The van der Waals surface area contributed by atoms with E-state index in [2.05, 4.69) is 30.7 Å². The third kappa shape index (κ3) is 4.73. The van der Waals surface area contributed by atoms with Crippen LogP contribution in [0.4, 0.5) is 0 Å². The minimum atomic E-state index is -0.366. The summed E-state index contributed by atoms with van der Waals surface area (Å²) < 4.78 is 2.24. The number of nitriles is 1. The Morgan fingerprint density at radius 2 is 2.16 bits per heavy atom. The molecule has 0 spiro atoms. The zero-order chi connectivity index (χ0) is 18.6. The summed E-state index contributed by atoms with van der Waals surface area (Å²) in [7, 11) is 0. The van der Waals surface area contributed by atoms with Crippen molar-refractivity contribution in [1.29, 1.82) is 5.26 Å². The van der Waals surface area contributed by atoms with Gasteiger partial charge in [0.2, 0.25) is 0 Å². The summed E-state index contributed by atoms with van der Waals surface area (Å²) in [6, 6.07) is 4.03. The van der Waals surface area contributed by atoms with Crippen LogP contribution in [-0.2, 0) is 11.3 Å². The Kier molecular flexibility index (Phi) is 6.07. The standard InChI is InChI=1S/C20H29N3O2/c1-14(2)5-8-23-15(3)9-17(16(23)4)10-18(11-21)19(25)22-12-20(13-24)6-7-20/h9-10,14,24H,5-8,12-13H2,1-4H3,(H,22,25)/b18-10-. The van der Waals surface area contributed by atoms with Crippen molar-refractivity contribution >= 4 is 12.0 Å². The second kappa shape index (κ2) is 7.88. The molecular weight excluding hydrogens is 314 g/mol. The first kappa shape index (κ1) is 19.3. The Hall–Kier alpha value is -2.06. The molecule has 1 aromatic heterocycles. The Labute approximate surface area is 150 Å². The average Bonchev–Trinajstić information content (AvgIpc) is 3.31. The van der Waals surface area contributed by atoms with Crippen molar-refractivity contribution in [2.45, 2.75) is 53.5 Å². The lowest BCUT2D eigenvalue weighted by Crippen LogP contribution is -2.32. The number of aliphatic hydroxyl groups excluding tert-OH is 1. The maximum atomic E-state index is 12.3. The highest BCUT2D eigenvalue weighted by Gasteiger charge is 2.42. The molecule has 0 atom stereocenters. The van der Waals surface area contributed by atoms with Crippen LogP contribution >= 0.6 is 0 Å². The summed E-state index contributed by atoms with van der Waals surface area (Å²) in [6.07, 6.45) is 4.61. The van der Waals surface area contributed by atoms with Crippen LogP contribution in [0.25, 0.3) is 6.08 Å². The quantitative estimate of drug-likeness (QED) is 0.563. The maximum Gasteiger partial charge on any atom is 0.261 e. The minimum Gasteiger partial charge on any atom is -0.396 e. The highest BCUT2D eigenvalue weighted by atomic mass is 16.3. The lowest BCUT2D eigenvalue weighted by molar-refractivity contribution is -0.117. The van der Waals surface area contributed by atoms with Gasteiger partial charge in [-0.05, 0) is 56.7 Å². The van der Waals surface area contributed by atoms with Crippen LogP contribution in [0.15, 0.2) is 11.6 Å². The van der Waals surface area contributed by atoms with E-state index in [1.165, 1.54) is 0 Å². The van der Waals surface area contributed by atoms with Gasteiger partial charge in [0.05, 0.1) is 6.61 Å². The Balaban J connectivity index is 2.12. The molecule has 1 saturated carbocycles. The average molecular weight is 343 g/mol. The van der Waals surface area contributed by atoms with Crippen molar-refractivity contribution < 1.29 is 9.90 Å². The van der Waals surface area contributed by atoms with E-state index in [1.54, 1.807) is 6.08 Å². The van der Waals surface area contributed by atoms with Gasteiger partial charge in [-0.2, -0.15) is 5.26 Å². The fourth-order valence-electron chi connectivity index (χ4n) is 2.94. The number of hydrogen-bond acceptors (Lipinski definition) is 3. The normalized spacial score (nSPS) is 16.0. The molecule has 0 aliphatic heterocycles. The van der Waals surface area contributed by atoms with Crippen LogP contribution in [0.1, 0.15) is 50.1 Å². The molecule has 0 aromatic carbocycles. The maximum absolute atomic E-state index is 12.3. The third-order valence-electron chi connectivity index (χ3n) is 5.12. The highest BCUT2D eigenvalue weighted by Crippen LogP contribution is 2.44. The molecule has 136 valence electrons. The molecule has 1 aromatic rings. The second-order valence-electron chi connectivity index (χ2n) is 7.67. The number of amides is 1. The van der Waals surface area contributed by atoms with Gasteiger partial charge in [-0.25, -0.2) is 0 Å². The van der Waals surface area contributed by atoms with E-state index >= 15 is 0 Å². The first-order valence-electron chi connectivity index (χ1n) is 8.99. The number of hydrogen-bond donors (Lipinski definition) is 2. The SMILES string of the molecule is Cc1cc(/C=C(/C#N)C(=O)NCC2(CO)CC2)c(C)n1CCC(C)C. The van der Waals surface area contributed by atoms with Gasteiger partial charge in [0.15, 0.2) is 0 Å². The van der Waals surface area contributed by atoms with Gasteiger partial charge in [-0.3, -0.25) is 4.79 Å². The first-order valence-corrected chi connectivity index (χ1v) is 8.99. The van der Waals surface area contributed by atoms with E-state index in [9.17, 15) is 15.2 Å². The predicted octanol–water partition coefficient (Wildman–Crippen LogP) is 2.95. The summed E-state index contributed by atoms with van der Waals surface area (Å²) >= 11 is 0. The zero-order valence-corrected chi connectivity index (χ0v) is 15.7. The van der Waals surface area contributed by atoms with Crippen molar-refractivity contribution in [3.8, 4) is 6.07 Å². The molecule has 2 rings (SSSR count). The molecule has 1 aliphatic rings. The van der Waals surface area contributed by atoms with Crippen LogP contribution < -0.4 is 5.32 Å². The van der Waals surface area contributed by atoms with Crippen molar-refractivity contribution in [2.75, 3.05) is 13.2 Å². The highest BCUT2D eigenvalue weighted by molar-refractivity contribution is 6.01. The molecule has 1 fully saturated rings. The van der Waals surface area contributed by atoms with Crippen LogP contribution in [0.3, 0.4) is 0 Å². The van der Waals surface area contributed by atoms with E-state index in [4.69, 9.17) is 0 Å². The number of nitrogens with one attached hydrogen (secondary N) is 1. The van der Waals surface area contributed by atoms with Gasteiger partial charge in [-0.1, -0.05) is 13.8 Å². The zero-order valence-electron chi connectivity index (χ0n) is 15.7. The summed E-state index contributed by atoms with van der Waals surface area (Å²) in [5.41, 5.74) is 3.07. The second-order valence-corrected chi connectivity index (χ2v) is 7.67. The number of aliphatic hydroxyl groups is 1. The monoisotopic (exact) mass is 343 g/mol. The van der Waals surface area contributed by atoms with Gasteiger partial charge in [0.25, 0.3) is 5.91 Å². The number of aryl methyl sites for hydroxylation is 1. The lowest BCUT2D eigenvalue weighted by atomic mass is 10.1. The van der Waals surface area contributed by atoms with Gasteiger partial charge in [0.1, 0.15) is 11.6 Å². The molecule has 5 nitrogen and oxygen atoms in total. The van der Waals surface area contributed by atoms with Gasteiger partial charge in [-0.15, -0.1) is 0 Å². The molecule has 5 heteroatoms. The molecule has 0 unspecified atom stereocenters. The molecule has 1 amide bonds. The summed E-state index contributed by atoms with van der Waals surface area (Å²) in [5, 5.41) is 21.5. The molecule has 0 bridgehead atoms. The topological polar surface area (TPSA) is 78.1 Å². The van der Waals surface area contributed by atoms with E-state index < -0.39 is 0 Å². The number of aromatic nitrogens is 1. The van der Waals surface area contributed by atoms with Crippen molar-refractivity contribution in [3.05, 3.63) is 28.6 Å². The van der Waals surface area contributed by atoms with Crippen LogP contribution in [-0.4, -0.2) is 28.7 Å². The predicted molar refractivity (Wildman–Crippen MR) is 98.7 cm³/mol. The summed E-state index contributed by atoms with van der Waals surface area (Å²) in [5.74, 6) is 0.260. The third-order valence-corrected chi connectivity index (χ3v) is 5.12. The molecule has 0 radical (unpaired) electrons. The first-order chi connectivity index (χ1) is 11.8. The molecule has 1 heterocycles. The number of carbonyl (C=O) groups is 1. The summed E-state index contributed by atoms with van der Waals surface area (Å²) in [6.45, 7) is 9.92. The van der Waals surface area contributed by atoms with Crippen LogP contribution in [0, 0.1) is 36.5 Å². The van der Waals surface area contributed by atoms with E-state index in [-0.39, 0.29) is 23.5 Å². The van der Waals surface area contributed by atoms with E-state index in [1.807, 2.05) is 19.1 Å².